The Kier molecular flexibility index (Phi) is 4.51. The lowest BCUT2D eigenvalue weighted by Gasteiger charge is -2.34. The van der Waals surface area contributed by atoms with E-state index in [1.54, 1.807) is 4.90 Å². The van der Waals surface area contributed by atoms with Gasteiger partial charge in [0, 0.05) is 36.8 Å². The van der Waals surface area contributed by atoms with Crippen molar-refractivity contribution in [3.63, 3.8) is 0 Å². The van der Waals surface area contributed by atoms with Crippen LogP contribution in [0.5, 0.6) is 11.5 Å². The van der Waals surface area contributed by atoms with E-state index in [0.717, 1.165) is 18.5 Å². The van der Waals surface area contributed by atoms with E-state index in [0.29, 0.717) is 24.1 Å². The summed E-state index contributed by atoms with van der Waals surface area (Å²) < 4.78 is 10.7. The SMILES string of the molecule is CC(C)N(C(=O)C1CC(=O)N(c2ccc3c(c2)OCO3)C1)C1CCCC1. The molecule has 1 aliphatic carbocycles. The van der Waals surface area contributed by atoms with Gasteiger partial charge >= 0.3 is 0 Å². The van der Waals surface area contributed by atoms with Crippen molar-refractivity contribution in [2.45, 2.75) is 58.0 Å². The minimum absolute atomic E-state index is 0.00246. The molecule has 140 valence electrons. The molecule has 0 bridgehead atoms. The number of carbonyl (C=O) groups excluding carboxylic acids is 2. The van der Waals surface area contributed by atoms with E-state index in [1.807, 2.05) is 23.1 Å². The van der Waals surface area contributed by atoms with Crippen LogP contribution in [0.2, 0.25) is 0 Å². The lowest BCUT2D eigenvalue weighted by molar-refractivity contribution is -0.140. The molecule has 1 unspecified atom stereocenters. The predicted molar refractivity (Wildman–Crippen MR) is 97.3 cm³/mol. The topological polar surface area (TPSA) is 59.1 Å². The maximum Gasteiger partial charge on any atom is 0.231 e. The van der Waals surface area contributed by atoms with Crippen molar-refractivity contribution in [1.82, 2.24) is 4.90 Å². The van der Waals surface area contributed by atoms with Gasteiger partial charge in [0.1, 0.15) is 0 Å². The fourth-order valence-electron chi connectivity index (χ4n) is 4.42. The Morgan fingerprint density at radius 3 is 2.65 bits per heavy atom. The summed E-state index contributed by atoms with van der Waals surface area (Å²) in [5.41, 5.74) is 0.770. The van der Waals surface area contributed by atoms with Crippen LogP contribution in [0, 0.1) is 5.92 Å². The molecule has 1 aromatic rings. The van der Waals surface area contributed by atoms with Gasteiger partial charge in [0.2, 0.25) is 18.6 Å². The molecule has 1 saturated heterocycles. The van der Waals surface area contributed by atoms with Crippen molar-refractivity contribution in [3.8, 4) is 11.5 Å². The van der Waals surface area contributed by atoms with Crippen LogP contribution in [-0.4, -0.2) is 42.1 Å². The van der Waals surface area contributed by atoms with Crippen LogP contribution in [0.3, 0.4) is 0 Å². The summed E-state index contributed by atoms with van der Waals surface area (Å²) in [6, 6.07) is 6.00. The van der Waals surface area contributed by atoms with Crippen molar-refractivity contribution in [2.75, 3.05) is 18.2 Å². The van der Waals surface area contributed by atoms with Gasteiger partial charge in [-0.1, -0.05) is 12.8 Å². The normalized spacial score (nSPS) is 22.5. The average molecular weight is 358 g/mol. The number of ether oxygens (including phenoxy) is 2. The van der Waals surface area contributed by atoms with Crippen LogP contribution in [0.25, 0.3) is 0 Å². The van der Waals surface area contributed by atoms with E-state index in [2.05, 4.69) is 13.8 Å². The molecule has 2 aliphatic heterocycles. The van der Waals surface area contributed by atoms with Gasteiger partial charge in [0.05, 0.1) is 5.92 Å². The molecular formula is C20H26N2O4. The van der Waals surface area contributed by atoms with Crippen LogP contribution in [-0.2, 0) is 9.59 Å². The Morgan fingerprint density at radius 1 is 1.19 bits per heavy atom. The molecule has 1 atom stereocenters. The van der Waals surface area contributed by atoms with Crippen LogP contribution in [0.15, 0.2) is 18.2 Å². The molecule has 0 aromatic heterocycles. The van der Waals surface area contributed by atoms with Gasteiger partial charge in [-0.25, -0.2) is 0 Å². The zero-order chi connectivity index (χ0) is 18.3. The summed E-state index contributed by atoms with van der Waals surface area (Å²) in [6.07, 6.45) is 4.82. The Bertz CT molecular complexity index is 712. The van der Waals surface area contributed by atoms with Gasteiger partial charge in [-0.3, -0.25) is 9.59 Å². The number of benzene rings is 1. The maximum atomic E-state index is 13.2. The van der Waals surface area contributed by atoms with Crippen molar-refractivity contribution < 1.29 is 19.1 Å². The highest BCUT2D eigenvalue weighted by Gasteiger charge is 2.40. The van der Waals surface area contributed by atoms with Crippen LogP contribution in [0.4, 0.5) is 5.69 Å². The van der Waals surface area contributed by atoms with Crippen molar-refractivity contribution >= 4 is 17.5 Å². The number of anilines is 1. The molecule has 1 saturated carbocycles. The third kappa shape index (κ3) is 3.02. The first-order chi connectivity index (χ1) is 12.5. The highest BCUT2D eigenvalue weighted by Crippen LogP contribution is 2.37. The first-order valence-electron chi connectivity index (χ1n) is 9.57. The van der Waals surface area contributed by atoms with Gasteiger partial charge in [-0.2, -0.15) is 0 Å². The Labute approximate surface area is 154 Å². The first kappa shape index (κ1) is 17.2. The number of nitrogens with zero attached hydrogens (tertiary/aromatic N) is 2. The van der Waals surface area contributed by atoms with E-state index < -0.39 is 0 Å². The Hall–Kier alpha value is -2.24. The van der Waals surface area contributed by atoms with Crippen molar-refractivity contribution in [2.24, 2.45) is 5.92 Å². The number of rotatable bonds is 4. The quantitative estimate of drug-likeness (QED) is 0.830. The number of carbonyl (C=O) groups is 2. The fourth-order valence-corrected chi connectivity index (χ4v) is 4.42. The first-order valence-corrected chi connectivity index (χ1v) is 9.57. The van der Waals surface area contributed by atoms with Crippen molar-refractivity contribution in [1.29, 1.82) is 0 Å². The van der Waals surface area contributed by atoms with E-state index >= 15 is 0 Å². The van der Waals surface area contributed by atoms with Crippen LogP contribution in [0.1, 0.15) is 46.0 Å². The number of hydrogen-bond acceptors (Lipinski definition) is 4. The molecular weight excluding hydrogens is 332 g/mol. The van der Waals surface area contributed by atoms with Gasteiger partial charge in [-0.05, 0) is 38.8 Å². The second-order valence-electron chi connectivity index (χ2n) is 7.72. The molecule has 1 aromatic carbocycles. The largest absolute Gasteiger partial charge is 0.454 e. The molecule has 3 aliphatic rings. The van der Waals surface area contributed by atoms with E-state index in [4.69, 9.17) is 9.47 Å². The highest BCUT2D eigenvalue weighted by molar-refractivity contribution is 6.00. The summed E-state index contributed by atoms with van der Waals surface area (Å²) >= 11 is 0. The number of amides is 2. The third-order valence-electron chi connectivity index (χ3n) is 5.67. The summed E-state index contributed by atoms with van der Waals surface area (Å²) in [7, 11) is 0. The standard InChI is InChI=1S/C20H26N2O4/c1-13(2)22(15-5-3-4-6-15)20(24)14-9-19(23)21(11-14)16-7-8-17-18(10-16)26-12-25-17/h7-8,10,13-15H,3-6,9,11-12H2,1-2H3. The summed E-state index contributed by atoms with van der Waals surface area (Å²) in [4.78, 5) is 29.5. The van der Waals surface area contributed by atoms with Crippen molar-refractivity contribution in [3.05, 3.63) is 18.2 Å². The second-order valence-corrected chi connectivity index (χ2v) is 7.72. The summed E-state index contributed by atoms with van der Waals surface area (Å²) in [5.74, 6) is 1.21. The van der Waals surface area contributed by atoms with Gasteiger partial charge in [0.25, 0.3) is 0 Å². The molecule has 2 heterocycles. The van der Waals surface area contributed by atoms with E-state index in [1.165, 1.54) is 12.8 Å². The lowest BCUT2D eigenvalue weighted by Crippen LogP contribution is -2.47. The Balaban J connectivity index is 1.50. The molecule has 0 N–H and O–H groups in total. The zero-order valence-electron chi connectivity index (χ0n) is 15.4. The second kappa shape index (κ2) is 6.82. The molecule has 2 amide bonds. The van der Waals surface area contributed by atoms with E-state index in [9.17, 15) is 9.59 Å². The van der Waals surface area contributed by atoms with E-state index in [-0.39, 0.29) is 37.0 Å². The van der Waals surface area contributed by atoms with Gasteiger partial charge < -0.3 is 19.3 Å². The average Bonchev–Trinajstić information content (AvgIpc) is 3.34. The molecule has 6 heteroatoms. The molecule has 0 spiro atoms. The molecule has 4 rings (SSSR count). The minimum Gasteiger partial charge on any atom is -0.454 e. The molecule has 0 radical (unpaired) electrons. The van der Waals surface area contributed by atoms with Crippen LogP contribution < -0.4 is 14.4 Å². The predicted octanol–water partition coefficient (Wildman–Crippen LogP) is 2.95. The van der Waals surface area contributed by atoms with Crippen LogP contribution >= 0.6 is 0 Å². The smallest absolute Gasteiger partial charge is 0.231 e. The lowest BCUT2D eigenvalue weighted by atomic mass is 10.0. The number of hydrogen-bond donors (Lipinski definition) is 0. The maximum absolute atomic E-state index is 13.2. The van der Waals surface area contributed by atoms with Gasteiger partial charge in [-0.15, -0.1) is 0 Å². The number of fused-ring (bicyclic) bond motifs is 1. The molecule has 26 heavy (non-hydrogen) atoms. The minimum atomic E-state index is -0.268. The summed E-state index contributed by atoms with van der Waals surface area (Å²) in [6.45, 7) is 4.79. The monoisotopic (exact) mass is 358 g/mol. The van der Waals surface area contributed by atoms with Gasteiger partial charge in [0.15, 0.2) is 11.5 Å². The fraction of sp³-hybridized carbons (Fsp3) is 0.600. The molecule has 2 fully saturated rings. The summed E-state index contributed by atoms with van der Waals surface area (Å²) in [5, 5.41) is 0. The zero-order valence-corrected chi connectivity index (χ0v) is 15.4. The highest BCUT2D eigenvalue weighted by atomic mass is 16.7. The third-order valence-corrected chi connectivity index (χ3v) is 5.67. The Morgan fingerprint density at radius 2 is 1.92 bits per heavy atom. The molecule has 6 nitrogen and oxygen atoms in total.